The van der Waals surface area contributed by atoms with Gasteiger partial charge in [-0.05, 0) is 25.6 Å². The summed E-state index contributed by atoms with van der Waals surface area (Å²) in [7, 11) is 2.05. The van der Waals surface area contributed by atoms with E-state index in [9.17, 15) is 9.59 Å². The van der Waals surface area contributed by atoms with Crippen LogP contribution in [0, 0.1) is 0 Å². The fourth-order valence-corrected chi connectivity index (χ4v) is 3.79. The molecule has 0 atom stereocenters. The van der Waals surface area contributed by atoms with Gasteiger partial charge >= 0.3 is 0 Å². The van der Waals surface area contributed by atoms with Gasteiger partial charge in [-0.3, -0.25) is 20.1 Å². The van der Waals surface area contributed by atoms with Crippen molar-refractivity contribution >= 4 is 17.4 Å². The summed E-state index contributed by atoms with van der Waals surface area (Å²) < 4.78 is 0. The molecule has 0 radical (unpaired) electrons. The maximum atomic E-state index is 13.1. The number of piperazine rings is 1. The molecular weight excluding hydrogens is 344 g/mol. The number of fused-ring (bicyclic) bond motifs is 3. The number of rotatable bonds is 4. The van der Waals surface area contributed by atoms with E-state index in [0.717, 1.165) is 44.7 Å². The molecule has 1 aromatic carbocycles. The van der Waals surface area contributed by atoms with Crippen molar-refractivity contribution in [2.24, 2.45) is 0 Å². The van der Waals surface area contributed by atoms with Gasteiger partial charge < -0.3 is 10.6 Å². The number of nitrogen functional groups attached to an aromatic ring is 1. The van der Waals surface area contributed by atoms with E-state index >= 15 is 0 Å². The van der Waals surface area contributed by atoms with Crippen molar-refractivity contribution in [2.75, 3.05) is 39.0 Å². The number of nitrogens with two attached hydrogens (primary N) is 1. The molecule has 0 spiro atoms. The molecule has 1 fully saturated rings. The molecule has 1 aliphatic heterocycles. The van der Waals surface area contributed by atoms with Crippen LogP contribution < -0.4 is 11.2 Å². The first kappa shape index (κ1) is 17.7. The number of anilines is 1. The van der Waals surface area contributed by atoms with Crippen molar-refractivity contribution in [3.05, 3.63) is 34.5 Å². The Labute approximate surface area is 157 Å². The highest BCUT2D eigenvalue weighted by molar-refractivity contribution is 6.26. The van der Waals surface area contributed by atoms with E-state index in [0.29, 0.717) is 28.1 Å². The second-order valence-electron chi connectivity index (χ2n) is 7.19. The molecule has 2 aromatic rings. The highest BCUT2D eigenvalue weighted by Crippen LogP contribution is 2.40. The minimum absolute atomic E-state index is 0.173. The highest BCUT2D eigenvalue weighted by atomic mass is 16.2. The number of hydrogen-bond acceptors (Lipinski definition) is 6. The fourth-order valence-electron chi connectivity index (χ4n) is 3.79. The van der Waals surface area contributed by atoms with Crippen LogP contribution in [0.25, 0.3) is 11.3 Å². The lowest BCUT2D eigenvalue weighted by molar-refractivity contribution is 0.0661. The Kier molecular flexibility index (Phi) is 4.45. The summed E-state index contributed by atoms with van der Waals surface area (Å²) in [5, 5.41) is 9.17. The van der Waals surface area contributed by atoms with Crippen LogP contribution in [0.5, 0.6) is 0 Å². The molecule has 27 heavy (non-hydrogen) atoms. The van der Waals surface area contributed by atoms with Gasteiger partial charge in [-0.25, -0.2) is 5.01 Å². The van der Waals surface area contributed by atoms with Crippen LogP contribution in [0.4, 0.5) is 5.69 Å². The molecule has 1 aliphatic carbocycles. The van der Waals surface area contributed by atoms with Crippen molar-refractivity contribution in [1.29, 1.82) is 0 Å². The van der Waals surface area contributed by atoms with E-state index in [1.54, 1.807) is 12.1 Å². The molecule has 1 aromatic heterocycles. The second-order valence-corrected chi connectivity index (χ2v) is 7.19. The topological polar surface area (TPSA) is 107 Å². The predicted molar refractivity (Wildman–Crippen MR) is 102 cm³/mol. The Balaban J connectivity index is 1.68. The van der Waals surface area contributed by atoms with E-state index < -0.39 is 0 Å². The minimum Gasteiger partial charge on any atom is -0.398 e. The van der Waals surface area contributed by atoms with Crippen LogP contribution in [0.15, 0.2) is 12.1 Å². The monoisotopic (exact) mass is 368 g/mol. The lowest BCUT2D eigenvalue weighted by Gasteiger charge is -2.32. The molecule has 4 rings (SSSR count). The smallest absolute Gasteiger partial charge is 0.268 e. The van der Waals surface area contributed by atoms with E-state index in [1.807, 2.05) is 11.9 Å². The number of carbonyl (C=O) groups is 2. The summed E-state index contributed by atoms with van der Waals surface area (Å²) in [6.07, 6.45) is 1.64. The molecule has 2 heterocycles. The van der Waals surface area contributed by atoms with Gasteiger partial charge in [0.15, 0.2) is 5.78 Å². The summed E-state index contributed by atoms with van der Waals surface area (Å²) in [5.41, 5.74) is 12.6. The predicted octanol–water partition coefficient (Wildman–Crippen LogP) is 1.05. The van der Waals surface area contributed by atoms with E-state index in [1.165, 1.54) is 0 Å². The van der Waals surface area contributed by atoms with Gasteiger partial charge in [0, 0.05) is 48.7 Å². The Morgan fingerprint density at radius 1 is 1.26 bits per heavy atom. The summed E-state index contributed by atoms with van der Waals surface area (Å²) >= 11 is 0. The van der Waals surface area contributed by atoms with Crippen LogP contribution in [-0.4, -0.2) is 65.0 Å². The van der Waals surface area contributed by atoms with Crippen molar-refractivity contribution < 1.29 is 9.59 Å². The lowest BCUT2D eigenvalue weighted by atomic mass is 9.98. The number of nitrogens with zero attached hydrogens (tertiary/aromatic N) is 3. The number of aromatic amines is 1. The van der Waals surface area contributed by atoms with Crippen molar-refractivity contribution in [2.45, 2.75) is 19.8 Å². The molecule has 8 heteroatoms. The molecule has 142 valence electrons. The average Bonchev–Trinajstić information content (AvgIpc) is 3.17. The van der Waals surface area contributed by atoms with E-state index in [4.69, 9.17) is 5.73 Å². The summed E-state index contributed by atoms with van der Waals surface area (Å²) in [6.45, 7) is 5.25. The van der Waals surface area contributed by atoms with Crippen LogP contribution in [0.1, 0.15) is 45.3 Å². The molecule has 0 bridgehead atoms. The largest absolute Gasteiger partial charge is 0.398 e. The molecule has 8 nitrogen and oxygen atoms in total. The van der Waals surface area contributed by atoms with Crippen LogP contribution in [0.3, 0.4) is 0 Å². The molecule has 0 unspecified atom stereocenters. The normalized spacial score (nSPS) is 17.0. The Bertz CT molecular complexity index is 911. The Morgan fingerprint density at radius 2 is 2.00 bits per heavy atom. The number of H-pyrrole nitrogens is 1. The average molecular weight is 368 g/mol. The molecule has 1 saturated heterocycles. The molecule has 1 amide bonds. The quantitative estimate of drug-likeness (QED) is 0.594. The maximum absolute atomic E-state index is 13.1. The van der Waals surface area contributed by atoms with Crippen molar-refractivity contribution in [3.8, 4) is 11.3 Å². The zero-order valence-corrected chi connectivity index (χ0v) is 15.6. The number of carbonyl (C=O) groups excluding carboxylic acids is 2. The summed E-state index contributed by atoms with van der Waals surface area (Å²) in [4.78, 5) is 28.3. The molecular formula is C19H24N6O2. The Hall–Kier alpha value is -2.71. The van der Waals surface area contributed by atoms with Crippen LogP contribution in [0.2, 0.25) is 0 Å². The van der Waals surface area contributed by atoms with Gasteiger partial charge in [0.1, 0.15) is 5.69 Å². The fraction of sp³-hybridized carbons (Fsp3) is 0.421. The second kappa shape index (κ2) is 6.79. The zero-order valence-electron chi connectivity index (χ0n) is 15.6. The number of nitrogens with one attached hydrogen (secondary N) is 2. The number of ketones is 1. The van der Waals surface area contributed by atoms with Crippen LogP contribution in [-0.2, 0) is 6.42 Å². The SMILES string of the molecule is CCCc1[nH]nc2c1C(=O)c1c-2ccc(N)c1C(=O)NN1CCN(C)CC1. The van der Waals surface area contributed by atoms with E-state index in [-0.39, 0.29) is 17.3 Å². The van der Waals surface area contributed by atoms with Gasteiger partial charge in [-0.1, -0.05) is 13.3 Å². The molecule has 0 saturated carbocycles. The maximum Gasteiger partial charge on any atom is 0.268 e. The van der Waals surface area contributed by atoms with Crippen LogP contribution >= 0.6 is 0 Å². The first-order chi connectivity index (χ1) is 13.0. The molecule has 2 aliphatic rings. The van der Waals surface area contributed by atoms with Gasteiger partial charge in [-0.2, -0.15) is 5.10 Å². The number of aromatic nitrogens is 2. The molecule has 4 N–H and O–H groups in total. The Morgan fingerprint density at radius 3 is 2.70 bits per heavy atom. The van der Waals surface area contributed by atoms with E-state index in [2.05, 4.69) is 27.6 Å². The summed E-state index contributed by atoms with van der Waals surface area (Å²) in [5.74, 6) is -0.513. The number of hydrazine groups is 1. The minimum atomic E-state index is -0.339. The third-order valence-corrected chi connectivity index (χ3v) is 5.28. The highest BCUT2D eigenvalue weighted by Gasteiger charge is 2.37. The zero-order chi connectivity index (χ0) is 19.1. The lowest BCUT2D eigenvalue weighted by Crippen LogP contribution is -2.52. The first-order valence-electron chi connectivity index (χ1n) is 9.30. The van der Waals surface area contributed by atoms with Gasteiger partial charge in [0.2, 0.25) is 0 Å². The third kappa shape index (κ3) is 2.90. The van der Waals surface area contributed by atoms with Gasteiger partial charge in [-0.15, -0.1) is 0 Å². The first-order valence-corrected chi connectivity index (χ1v) is 9.30. The standard InChI is InChI=1S/C19H24N6O2/c1-3-4-13-16-17(22-21-13)11-5-6-12(20)15(14(11)18(16)26)19(27)23-25-9-7-24(2)8-10-25/h5-6H,3-4,7-10,20H2,1-2H3,(H,21,22)(H,23,27). The van der Waals surface area contributed by atoms with Crippen molar-refractivity contribution in [3.63, 3.8) is 0 Å². The number of amides is 1. The summed E-state index contributed by atoms with van der Waals surface area (Å²) in [6, 6.07) is 3.45. The van der Waals surface area contributed by atoms with Gasteiger partial charge in [0.25, 0.3) is 5.91 Å². The third-order valence-electron chi connectivity index (χ3n) is 5.28. The number of hydrogen-bond donors (Lipinski definition) is 3. The number of benzene rings is 1. The van der Waals surface area contributed by atoms with Gasteiger partial charge in [0.05, 0.1) is 11.1 Å². The number of aryl methyl sites for hydroxylation is 1. The number of likely N-dealkylation sites (N-methyl/N-ethyl adjacent to an activating group) is 1. The van der Waals surface area contributed by atoms with Crippen molar-refractivity contribution in [1.82, 2.24) is 25.5 Å².